The molecule has 0 fully saturated rings. The van der Waals surface area contributed by atoms with Crippen LogP contribution in [0.2, 0.25) is 0 Å². The van der Waals surface area contributed by atoms with Gasteiger partial charge in [-0.15, -0.1) is 0 Å². The van der Waals surface area contributed by atoms with E-state index in [-0.39, 0.29) is 11.6 Å². The van der Waals surface area contributed by atoms with Crippen molar-refractivity contribution in [1.82, 2.24) is 19.7 Å². The number of benzene rings is 1. The predicted octanol–water partition coefficient (Wildman–Crippen LogP) is 4.77. The summed E-state index contributed by atoms with van der Waals surface area (Å²) in [5.74, 6) is 1.55. The number of para-hydroxylation sites is 1. The Morgan fingerprint density at radius 2 is 2.11 bits per heavy atom. The zero-order valence-electron chi connectivity index (χ0n) is 15.0. The Kier molecular flexibility index (Phi) is 5.09. The van der Waals surface area contributed by atoms with Crippen molar-refractivity contribution in [3.8, 4) is 11.4 Å². The minimum atomic E-state index is -0.0121. The molecule has 0 aliphatic rings. The largest absolute Gasteiger partial charge is 0.338 e. The molecule has 138 valence electrons. The Labute approximate surface area is 164 Å². The van der Waals surface area contributed by atoms with Gasteiger partial charge in [-0.2, -0.15) is 16.3 Å². The number of hydrogen-bond acceptors (Lipinski definition) is 7. The van der Waals surface area contributed by atoms with Crippen molar-refractivity contribution in [1.29, 1.82) is 0 Å². The highest BCUT2D eigenvalue weighted by Crippen LogP contribution is 2.26. The second kappa shape index (κ2) is 7.66. The van der Waals surface area contributed by atoms with Crippen LogP contribution in [-0.2, 0) is 5.75 Å². The number of aromatic nitrogens is 4. The molecular formula is C19H18N4O2S2. The first-order valence-corrected chi connectivity index (χ1v) is 10.6. The maximum Gasteiger partial charge on any atom is 0.262 e. The van der Waals surface area contributed by atoms with Crippen LogP contribution in [0.25, 0.3) is 22.3 Å². The van der Waals surface area contributed by atoms with E-state index in [0.29, 0.717) is 33.5 Å². The maximum absolute atomic E-state index is 13.0. The lowest BCUT2D eigenvalue weighted by atomic mass is 10.2. The number of thiophene rings is 1. The lowest BCUT2D eigenvalue weighted by Crippen LogP contribution is -2.26. The van der Waals surface area contributed by atoms with Crippen LogP contribution in [0, 0.1) is 0 Å². The molecule has 0 radical (unpaired) electrons. The molecular weight excluding hydrogens is 380 g/mol. The van der Waals surface area contributed by atoms with Crippen LogP contribution in [-0.4, -0.2) is 19.7 Å². The highest BCUT2D eigenvalue weighted by atomic mass is 32.2. The van der Waals surface area contributed by atoms with Gasteiger partial charge in [-0.05, 0) is 36.9 Å². The first-order valence-electron chi connectivity index (χ1n) is 8.66. The van der Waals surface area contributed by atoms with Crippen molar-refractivity contribution in [3.05, 3.63) is 57.3 Å². The third-order valence-electron chi connectivity index (χ3n) is 4.38. The van der Waals surface area contributed by atoms with Crippen LogP contribution >= 0.6 is 23.1 Å². The van der Waals surface area contributed by atoms with Crippen molar-refractivity contribution >= 4 is 34.0 Å². The molecule has 0 aliphatic carbocycles. The Balaban J connectivity index is 1.66. The monoisotopic (exact) mass is 398 g/mol. The molecule has 0 bridgehead atoms. The van der Waals surface area contributed by atoms with Gasteiger partial charge in [0.15, 0.2) is 5.16 Å². The fraction of sp³-hybridized carbons (Fsp3) is 0.263. The number of nitrogens with zero attached hydrogens (tertiary/aromatic N) is 4. The van der Waals surface area contributed by atoms with Crippen LogP contribution in [0.1, 0.15) is 32.2 Å². The summed E-state index contributed by atoms with van der Waals surface area (Å²) in [6.07, 6.45) is 0.844. The summed E-state index contributed by atoms with van der Waals surface area (Å²) in [5, 5.41) is 9.29. The van der Waals surface area contributed by atoms with Crippen LogP contribution in [0.15, 0.2) is 55.6 Å². The van der Waals surface area contributed by atoms with Gasteiger partial charge in [0.2, 0.25) is 11.7 Å². The van der Waals surface area contributed by atoms with Gasteiger partial charge >= 0.3 is 0 Å². The molecule has 27 heavy (non-hydrogen) atoms. The summed E-state index contributed by atoms with van der Waals surface area (Å²) in [4.78, 5) is 22.1. The Morgan fingerprint density at radius 3 is 2.89 bits per heavy atom. The second-order valence-electron chi connectivity index (χ2n) is 6.16. The number of thioether (sulfide) groups is 1. The minimum Gasteiger partial charge on any atom is -0.338 e. The van der Waals surface area contributed by atoms with Gasteiger partial charge in [-0.25, -0.2) is 4.98 Å². The number of hydrogen-bond donors (Lipinski definition) is 0. The molecule has 0 saturated heterocycles. The summed E-state index contributed by atoms with van der Waals surface area (Å²) in [6.45, 7) is 4.09. The van der Waals surface area contributed by atoms with E-state index in [1.807, 2.05) is 48.0 Å². The summed E-state index contributed by atoms with van der Waals surface area (Å²) in [7, 11) is 0. The molecule has 1 atom stereocenters. The van der Waals surface area contributed by atoms with Crippen molar-refractivity contribution < 1.29 is 4.52 Å². The average molecular weight is 399 g/mol. The molecule has 4 rings (SSSR count). The van der Waals surface area contributed by atoms with Gasteiger partial charge < -0.3 is 4.52 Å². The van der Waals surface area contributed by atoms with Crippen LogP contribution in [0.3, 0.4) is 0 Å². The second-order valence-corrected chi connectivity index (χ2v) is 7.88. The number of fused-ring (bicyclic) bond motifs is 1. The van der Waals surface area contributed by atoms with E-state index in [0.717, 1.165) is 12.0 Å². The Bertz CT molecular complexity index is 1120. The Morgan fingerprint density at radius 1 is 1.26 bits per heavy atom. The summed E-state index contributed by atoms with van der Waals surface area (Å²) >= 11 is 3.03. The van der Waals surface area contributed by atoms with Gasteiger partial charge in [-0.3, -0.25) is 9.36 Å². The molecule has 0 unspecified atom stereocenters. The summed E-state index contributed by atoms with van der Waals surface area (Å²) in [5.41, 5.74) is 1.64. The van der Waals surface area contributed by atoms with Gasteiger partial charge in [0, 0.05) is 17.0 Å². The summed E-state index contributed by atoms with van der Waals surface area (Å²) < 4.78 is 7.13. The van der Waals surface area contributed by atoms with Crippen molar-refractivity contribution in [3.63, 3.8) is 0 Å². The zero-order valence-corrected chi connectivity index (χ0v) is 16.6. The van der Waals surface area contributed by atoms with Crippen LogP contribution in [0.4, 0.5) is 0 Å². The fourth-order valence-corrected chi connectivity index (χ4v) is 4.32. The highest BCUT2D eigenvalue weighted by molar-refractivity contribution is 7.98. The molecule has 3 heterocycles. The van der Waals surface area contributed by atoms with E-state index in [1.165, 1.54) is 11.8 Å². The molecule has 3 aromatic heterocycles. The maximum atomic E-state index is 13.0. The molecule has 8 heteroatoms. The zero-order chi connectivity index (χ0) is 18.8. The van der Waals surface area contributed by atoms with Gasteiger partial charge in [-0.1, -0.05) is 36.0 Å². The van der Waals surface area contributed by atoms with E-state index in [4.69, 9.17) is 9.51 Å². The first-order chi connectivity index (χ1) is 13.2. The quantitative estimate of drug-likeness (QED) is 0.344. The molecule has 6 nitrogen and oxygen atoms in total. The average Bonchev–Trinajstić information content (AvgIpc) is 3.37. The standard InChI is InChI=1S/C19H18N4O2S2/c1-3-12(2)23-18(24)14-6-4-5-7-15(14)20-19(23)27-11-16-21-17(22-25-16)13-8-9-26-10-13/h4-10,12H,3,11H2,1-2H3/t12-/m1/s1. The van der Waals surface area contributed by atoms with Crippen molar-refractivity contribution in [2.45, 2.75) is 37.2 Å². The topological polar surface area (TPSA) is 73.8 Å². The van der Waals surface area contributed by atoms with Gasteiger partial charge in [0.05, 0.1) is 16.7 Å². The summed E-state index contributed by atoms with van der Waals surface area (Å²) in [6, 6.07) is 9.46. The van der Waals surface area contributed by atoms with Gasteiger partial charge in [0.1, 0.15) is 0 Å². The lowest BCUT2D eigenvalue weighted by molar-refractivity contribution is 0.391. The lowest BCUT2D eigenvalue weighted by Gasteiger charge is -2.17. The molecule has 1 aromatic carbocycles. The van der Waals surface area contributed by atoms with Gasteiger partial charge in [0.25, 0.3) is 5.56 Å². The van der Waals surface area contributed by atoms with E-state index < -0.39 is 0 Å². The molecule has 0 N–H and O–H groups in total. The normalized spacial score (nSPS) is 12.5. The molecule has 4 aromatic rings. The molecule has 0 amide bonds. The third kappa shape index (κ3) is 3.54. The van der Waals surface area contributed by atoms with E-state index in [1.54, 1.807) is 15.9 Å². The number of rotatable bonds is 6. The van der Waals surface area contributed by atoms with Crippen molar-refractivity contribution in [2.24, 2.45) is 0 Å². The fourth-order valence-electron chi connectivity index (χ4n) is 2.75. The van der Waals surface area contributed by atoms with Crippen LogP contribution in [0.5, 0.6) is 0 Å². The molecule has 0 spiro atoms. The first kappa shape index (κ1) is 17.9. The smallest absolute Gasteiger partial charge is 0.262 e. The van der Waals surface area contributed by atoms with E-state index in [2.05, 4.69) is 17.1 Å². The Hall–Kier alpha value is -2.45. The van der Waals surface area contributed by atoms with Crippen molar-refractivity contribution in [2.75, 3.05) is 0 Å². The SMILES string of the molecule is CC[C@@H](C)n1c(SCc2nc(-c3ccsc3)no2)nc2ccccc2c1=O. The highest BCUT2D eigenvalue weighted by Gasteiger charge is 2.17. The predicted molar refractivity (Wildman–Crippen MR) is 108 cm³/mol. The minimum absolute atomic E-state index is 0.0121. The van der Waals surface area contributed by atoms with E-state index >= 15 is 0 Å². The third-order valence-corrected chi connectivity index (χ3v) is 6.00. The van der Waals surface area contributed by atoms with E-state index in [9.17, 15) is 4.79 Å². The molecule has 0 saturated carbocycles. The van der Waals surface area contributed by atoms with Crippen LogP contribution < -0.4 is 5.56 Å². The molecule has 0 aliphatic heterocycles.